The second-order valence-electron chi connectivity index (χ2n) is 6.81. The molecule has 0 spiro atoms. The highest BCUT2D eigenvalue weighted by Crippen LogP contribution is 2.34. The van der Waals surface area contributed by atoms with Crippen molar-refractivity contribution in [2.45, 2.75) is 37.5 Å². The Balaban J connectivity index is 1.87. The van der Waals surface area contributed by atoms with Gasteiger partial charge in [0.2, 0.25) is 0 Å². The fourth-order valence-corrected chi connectivity index (χ4v) is 3.36. The summed E-state index contributed by atoms with van der Waals surface area (Å²) in [4.78, 5) is 11.8. The highest BCUT2D eigenvalue weighted by molar-refractivity contribution is 5.98. The molecule has 0 saturated heterocycles. The second-order valence-corrected chi connectivity index (χ2v) is 6.81. The molecule has 0 bridgehead atoms. The van der Waals surface area contributed by atoms with Crippen molar-refractivity contribution < 1.29 is 18.0 Å². The van der Waals surface area contributed by atoms with Crippen molar-refractivity contribution in [2.24, 2.45) is 17.4 Å². The lowest BCUT2D eigenvalue weighted by Gasteiger charge is -2.30. The first kappa shape index (κ1) is 19.7. The number of rotatable bonds is 4. The van der Waals surface area contributed by atoms with Crippen molar-refractivity contribution in [2.75, 3.05) is 5.32 Å². The number of alkyl halides is 3. The number of carbonyl (C=O) groups excluding carboxylic acids is 1. The fraction of sp³-hybridized carbons (Fsp3) is 0.389. The highest BCUT2D eigenvalue weighted by atomic mass is 19.4. The minimum atomic E-state index is -4.44. The number of nitriles is 1. The summed E-state index contributed by atoms with van der Waals surface area (Å²) in [6.45, 7) is 0. The van der Waals surface area contributed by atoms with Gasteiger partial charge in [-0.3, -0.25) is 9.48 Å². The standard InChI is InChI=1S/C18H19F3N6O/c19-18(20,21)11-1-4-13(5-2-11)25-17-14(16(24)28)9-27(26-17)15-6-3-12(23)7-10(15)8-22/h1-2,4-5,9-10,12,15H,3,6-7,23H2,(H2,24,28)(H,25,26)/t10?,12-,15+/m0/s1. The smallest absolute Gasteiger partial charge is 0.365 e. The summed E-state index contributed by atoms with van der Waals surface area (Å²) < 4.78 is 39.6. The Morgan fingerprint density at radius 1 is 1.29 bits per heavy atom. The fourth-order valence-electron chi connectivity index (χ4n) is 3.36. The van der Waals surface area contributed by atoms with Crippen LogP contribution in [0.15, 0.2) is 30.5 Å². The van der Waals surface area contributed by atoms with Gasteiger partial charge in [0.1, 0.15) is 5.56 Å². The Kier molecular flexibility index (Phi) is 5.29. The molecule has 1 unspecified atom stereocenters. The number of hydrogen-bond donors (Lipinski definition) is 3. The molecule has 2 aromatic rings. The van der Waals surface area contributed by atoms with E-state index < -0.39 is 17.6 Å². The molecule has 5 N–H and O–H groups in total. The molecule has 3 rings (SSSR count). The number of anilines is 2. The number of benzene rings is 1. The minimum Gasteiger partial charge on any atom is -0.365 e. The van der Waals surface area contributed by atoms with Gasteiger partial charge in [0, 0.05) is 17.9 Å². The van der Waals surface area contributed by atoms with Gasteiger partial charge >= 0.3 is 6.18 Å². The zero-order chi connectivity index (χ0) is 20.5. The predicted octanol–water partition coefficient (Wildman–Crippen LogP) is 2.94. The van der Waals surface area contributed by atoms with Crippen LogP contribution in [-0.2, 0) is 6.18 Å². The van der Waals surface area contributed by atoms with Crippen LogP contribution in [0, 0.1) is 17.2 Å². The third-order valence-corrected chi connectivity index (χ3v) is 4.83. The Labute approximate surface area is 159 Å². The van der Waals surface area contributed by atoms with Gasteiger partial charge in [0.25, 0.3) is 5.91 Å². The van der Waals surface area contributed by atoms with Gasteiger partial charge in [-0.25, -0.2) is 0 Å². The molecular weight excluding hydrogens is 373 g/mol. The molecule has 1 saturated carbocycles. The first-order chi connectivity index (χ1) is 13.2. The lowest BCUT2D eigenvalue weighted by Crippen LogP contribution is -2.34. The largest absolute Gasteiger partial charge is 0.416 e. The van der Waals surface area contributed by atoms with Crippen LogP contribution >= 0.6 is 0 Å². The van der Waals surface area contributed by atoms with Crippen molar-refractivity contribution in [3.63, 3.8) is 0 Å². The molecular formula is C18H19F3N6O. The number of halogens is 3. The van der Waals surface area contributed by atoms with E-state index in [2.05, 4.69) is 16.5 Å². The summed E-state index contributed by atoms with van der Waals surface area (Å²) >= 11 is 0. The molecule has 3 atom stereocenters. The van der Waals surface area contributed by atoms with E-state index in [0.29, 0.717) is 18.5 Å². The van der Waals surface area contributed by atoms with Gasteiger partial charge in [0.05, 0.1) is 23.6 Å². The summed E-state index contributed by atoms with van der Waals surface area (Å²) in [7, 11) is 0. The van der Waals surface area contributed by atoms with E-state index >= 15 is 0 Å². The molecule has 1 amide bonds. The quantitative estimate of drug-likeness (QED) is 0.738. The van der Waals surface area contributed by atoms with Gasteiger partial charge in [-0.05, 0) is 43.5 Å². The van der Waals surface area contributed by atoms with E-state index in [4.69, 9.17) is 11.5 Å². The van der Waals surface area contributed by atoms with Gasteiger partial charge in [-0.2, -0.15) is 23.5 Å². The molecule has 0 radical (unpaired) electrons. The lowest BCUT2D eigenvalue weighted by molar-refractivity contribution is -0.137. The van der Waals surface area contributed by atoms with E-state index in [1.165, 1.54) is 23.0 Å². The number of hydrogen-bond acceptors (Lipinski definition) is 5. The molecule has 1 aliphatic carbocycles. The number of carbonyl (C=O) groups is 1. The number of nitrogens with two attached hydrogens (primary N) is 2. The molecule has 10 heteroatoms. The van der Waals surface area contributed by atoms with Gasteiger partial charge < -0.3 is 16.8 Å². The maximum Gasteiger partial charge on any atom is 0.416 e. The molecule has 148 valence electrons. The summed E-state index contributed by atoms with van der Waals surface area (Å²) in [6, 6.07) is 6.25. The van der Waals surface area contributed by atoms with E-state index in [9.17, 15) is 23.2 Å². The van der Waals surface area contributed by atoms with Crippen LogP contribution in [0.1, 0.15) is 41.2 Å². The van der Waals surface area contributed by atoms with Crippen molar-refractivity contribution in [1.82, 2.24) is 9.78 Å². The SMILES string of the molecule is N#CC1C[C@@H](N)CC[C@H]1n1cc(C(N)=O)c(Nc2ccc(C(F)(F)F)cc2)n1. The highest BCUT2D eigenvalue weighted by Gasteiger charge is 2.32. The summed E-state index contributed by atoms with van der Waals surface area (Å²) in [6.07, 6.45) is -1.11. The monoisotopic (exact) mass is 392 g/mol. The molecule has 28 heavy (non-hydrogen) atoms. The normalized spacial score (nSPS) is 22.5. The topological polar surface area (TPSA) is 123 Å². The van der Waals surface area contributed by atoms with Crippen LogP contribution in [0.4, 0.5) is 24.7 Å². The van der Waals surface area contributed by atoms with E-state index in [-0.39, 0.29) is 29.4 Å². The molecule has 0 aliphatic heterocycles. The zero-order valence-corrected chi connectivity index (χ0v) is 14.8. The molecule has 1 aromatic carbocycles. The van der Waals surface area contributed by atoms with Crippen molar-refractivity contribution in [3.8, 4) is 6.07 Å². The Morgan fingerprint density at radius 3 is 2.54 bits per heavy atom. The maximum absolute atomic E-state index is 12.7. The van der Waals surface area contributed by atoms with Crippen molar-refractivity contribution in [1.29, 1.82) is 5.26 Å². The number of primary amides is 1. The third-order valence-electron chi connectivity index (χ3n) is 4.83. The third kappa shape index (κ3) is 4.09. The molecule has 1 fully saturated rings. The van der Waals surface area contributed by atoms with Crippen LogP contribution in [0.3, 0.4) is 0 Å². The van der Waals surface area contributed by atoms with Crippen LogP contribution in [-0.4, -0.2) is 21.7 Å². The van der Waals surface area contributed by atoms with E-state index in [0.717, 1.165) is 18.6 Å². The number of amides is 1. The Bertz CT molecular complexity index is 900. The average Bonchev–Trinajstić information content (AvgIpc) is 3.05. The predicted molar refractivity (Wildman–Crippen MR) is 95.4 cm³/mol. The Hall–Kier alpha value is -3.06. The van der Waals surface area contributed by atoms with Crippen LogP contribution in [0.5, 0.6) is 0 Å². The molecule has 7 nitrogen and oxygen atoms in total. The van der Waals surface area contributed by atoms with Gasteiger partial charge in [-0.1, -0.05) is 0 Å². The Morgan fingerprint density at radius 2 is 1.96 bits per heavy atom. The van der Waals surface area contributed by atoms with E-state index in [1.54, 1.807) is 0 Å². The second kappa shape index (κ2) is 7.52. The molecule has 1 heterocycles. The molecule has 1 aromatic heterocycles. The minimum absolute atomic E-state index is 0.0585. The van der Waals surface area contributed by atoms with E-state index in [1.807, 2.05) is 0 Å². The van der Waals surface area contributed by atoms with Crippen LogP contribution in [0.25, 0.3) is 0 Å². The number of nitrogens with one attached hydrogen (secondary N) is 1. The van der Waals surface area contributed by atoms with Crippen LogP contribution in [0.2, 0.25) is 0 Å². The van der Waals surface area contributed by atoms with Gasteiger partial charge in [-0.15, -0.1) is 0 Å². The van der Waals surface area contributed by atoms with Crippen molar-refractivity contribution >= 4 is 17.4 Å². The van der Waals surface area contributed by atoms with Crippen molar-refractivity contribution in [3.05, 3.63) is 41.6 Å². The summed E-state index contributed by atoms with van der Waals surface area (Å²) in [5.74, 6) is -0.969. The average molecular weight is 392 g/mol. The number of nitrogens with zero attached hydrogens (tertiary/aromatic N) is 3. The summed E-state index contributed by atoms with van der Waals surface area (Å²) in [5.41, 5.74) is 11.0. The lowest BCUT2D eigenvalue weighted by atomic mass is 9.83. The number of aromatic nitrogens is 2. The van der Waals surface area contributed by atoms with Gasteiger partial charge in [0.15, 0.2) is 5.82 Å². The first-order valence-electron chi connectivity index (χ1n) is 8.67. The zero-order valence-electron chi connectivity index (χ0n) is 14.8. The summed E-state index contributed by atoms with van der Waals surface area (Å²) in [5, 5.41) is 16.6. The first-order valence-corrected chi connectivity index (χ1v) is 8.67. The molecule has 1 aliphatic rings. The maximum atomic E-state index is 12.7. The van der Waals surface area contributed by atoms with Crippen LogP contribution < -0.4 is 16.8 Å².